The van der Waals surface area contributed by atoms with E-state index < -0.39 is 0 Å². The minimum absolute atomic E-state index is 0.218. The van der Waals surface area contributed by atoms with Crippen molar-refractivity contribution in [3.8, 4) is 0 Å². The van der Waals surface area contributed by atoms with Crippen molar-refractivity contribution in [3.05, 3.63) is 0 Å². The van der Waals surface area contributed by atoms with Crippen molar-refractivity contribution in [3.63, 3.8) is 0 Å². The van der Waals surface area contributed by atoms with Crippen molar-refractivity contribution in [2.45, 2.75) is 38.8 Å². The first-order valence-electron chi connectivity index (χ1n) is 5.77. The molecule has 0 saturated carbocycles. The lowest BCUT2D eigenvalue weighted by Gasteiger charge is -2.29. The molecule has 15 heavy (non-hydrogen) atoms. The Labute approximate surface area is 92.2 Å². The predicted molar refractivity (Wildman–Crippen MR) is 61.5 cm³/mol. The third kappa shape index (κ3) is 3.18. The van der Waals surface area contributed by atoms with Crippen molar-refractivity contribution in [2.75, 3.05) is 20.1 Å². The Hall–Kier alpha value is -0.610. The summed E-state index contributed by atoms with van der Waals surface area (Å²) in [6, 6.07) is 0.393. The Morgan fingerprint density at radius 1 is 1.60 bits per heavy atom. The number of carbonyl (C=O) groups is 1. The molecule has 0 spiro atoms. The predicted octanol–water partition coefficient (Wildman–Crippen LogP) is 0.180. The average Bonchev–Trinajstić information content (AvgIpc) is 2.61. The van der Waals surface area contributed by atoms with Crippen LogP contribution in [0.2, 0.25) is 0 Å². The number of amides is 1. The van der Waals surface area contributed by atoms with Crippen molar-refractivity contribution in [1.82, 2.24) is 10.2 Å². The van der Waals surface area contributed by atoms with Gasteiger partial charge in [0, 0.05) is 12.6 Å². The van der Waals surface area contributed by atoms with Gasteiger partial charge in [0.2, 0.25) is 5.91 Å². The second-order valence-electron chi connectivity index (χ2n) is 4.69. The fourth-order valence-electron chi connectivity index (χ4n) is 2.39. The third-order valence-corrected chi connectivity index (χ3v) is 3.29. The fourth-order valence-corrected chi connectivity index (χ4v) is 2.39. The van der Waals surface area contributed by atoms with Crippen LogP contribution in [0, 0.1) is 5.92 Å². The zero-order valence-corrected chi connectivity index (χ0v) is 9.99. The van der Waals surface area contributed by atoms with Gasteiger partial charge in [-0.3, -0.25) is 9.69 Å². The molecule has 1 aliphatic heterocycles. The van der Waals surface area contributed by atoms with E-state index in [0.717, 1.165) is 13.1 Å². The molecule has 1 rings (SSSR count). The van der Waals surface area contributed by atoms with Gasteiger partial charge in [-0.25, -0.2) is 0 Å². The van der Waals surface area contributed by atoms with Crippen LogP contribution in [0.25, 0.3) is 0 Å². The molecule has 0 bridgehead atoms. The molecule has 2 atom stereocenters. The van der Waals surface area contributed by atoms with E-state index in [4.69, 9.17) is 5.73 Å². The molecule has 0 radical (unpaired) electrons. The average molecular weight is 213 g/mol. The third-order valence-electron chi connectivity index (χ3n) is 3.29. The minimum atomic E-state index is -0.257. The summed E-state index contributed by atoms with van der Waals surface area (Å²) in [7, 11) is 1.79. The molecule has 0 aromatic rings. The maximum atomic E-state index is 11.1. The zero-order valence-electron chi connectivity index (χ0n) is 9.99. The smallest absolute Gasteiger partial charge is 0.235 e. The van der Waals surface area contributed by atoms with Gasteiger partial charge >= 0.3 is 0 Å². The van der Waals surface area contributed by atoms with Crippen LogP contribution in [0.4, 0.5) is 0 Å². The maximum Gasteiger partial charge on any atom is 0.235 e. The van der Waals surface area contributed by atoms with Crippen molar-refractivity contribution in [2.24, 2.45) is 11.7 Å². The highest BCUT2D eigenvalue weighted by Gasteiger charge is 2.29. The quantitative estimate of drug-likeness (QED) is 0.685. The molecule has 4 nitrogen and oxygen atoms in total. The van der Waals surface area contributed by atoms with E-state index in [1.165, 1.54) is 12.8 Å². The van der Waals surface area contributed by atoms with E-state index in [1.54, 1.807) is 7.05 Å². The Balaban J connectivity index is 2.52. The topological polar surface area (TPSA) is 58.4 Å². The van der Waals surface area contributed by atoms with Gasteiger partial charge < -0.3 is 11.1 Å². The van der Waals surface area contributed by atoms with Crippen LogP contribution in [0.1, 0.15) is 26.7 Å². The number of likely N-dealkylation sites (N-methyl/N-ethyl adjacent to an activating group) is 1. The highest BCUT2D eigenvalue weighted by atomic mass is 16.1. The van der Waals surface area contributed by atoms with Crippen molar-refractivity contribution < 1.29 is 4.79 Å². The van der Waals surface area contributed by atoms with Crippen molar-refractivity contribution >= 4 is 5.91 Å². The van der Waals surface area contributed by atoms with Gasteiger partial charge in [-0.05, 0) is 32.4 Å². The standard InChI is InChI=1S/C11H23N3O/c1-8(2)10-5-4-6-14(10)7-9(13-3)11(12)15/h8-10,13H,4-7H2,1-3H3,(H2,12,15). The molecule has 1 saturated heterocycles. The summed E-state index contributed by atoms with van der Waals surface area (Å²) in [5, 5.41) is 2.97. The van der Waals surface area contributed by atoms with E-state index in [-0.39, 0.29) is 11.9 Å². The van der Waals surface area contributed by atoms with Crippen LogP contribution in [0.3, 0.4) is 0 Å². The summed E-state index contributed by atoms with van der Waals surface area (Å²) in [5.41, 5.74) is 5.32. The summed E-state index contributed by atoms with van der Waals surface area (Å²) >= 11 is 0. The normalized spacial score (nSPS) is 24.7. The Bertz CT molecular complexity index is 218. The number of nitrogens with two attached hydrogens (primary N) is 1. The number of hydrogen-bond acceptors (Lipinski definition) is 3. The summed E-state index contributed by atoms with van der Waals surface area (Å²) < 4.78 is 0. The first-order valence-corrected chi connectivity index (χ1v) is 5.77. The van der Waals surface area contributed by atoms with Crippen LogP contribution < -0.4 is 11.1 Å². The van der Waals surface area contributed by atoms with Crippen LogP contribution in [0.15, 0.2) is 0 Å². The number of primary amides is 1. The second-order valence-corrected chi connectivity index (χ2v) is 4.69. The first kappa shape index (κ1) is 12.5. The summed E-state index contributed by atoms with van der Waals surface area (Å²) in [6.45, 7) is 6.31. The van der Waals surface area contributed by atoms with E-state index in [0.29, 0.717) is 12.0 Å². The largest absolute Gasteiger partial charge is 0.368 e. The summed E-state index contributed by atoms with van der Waals surface area (Å²) in [5.74, 6) is 0.393. The molecule has 1 fully saturated rings. The molecular weight excluding hydrogens is 190 g/mol. The van der Waals surface area contributed by atoms with Crippen molar-refractivity contribution in [1.29, 1.82) is 0 Å². The Kier molecular flexibility index (Phi) is 4.54. The molecule has 0 aliphatic carbocycles. The molecule has 0 aromatic heterocycles. The van der Waals surface area contributed by atoms with Crippen LogP contribution in [-0.4, -0.2) is 43.0 Å². The lowest BCUT2D eigenvalue weighted by Crippen LogP contribution is -2.49. The molecule has 88 valence electrons. The number of rotatable bonds is 5. The highest BCUT2D eigenvalue weighted by Crippen LogP contribution is 2.23. The maximum absolute atomic E-state index is 11.1. The van der Waals surface area contributed by atoms with Gasteiger partial charge in [0.1, 0.15) is 0 Å². The van der Waals surface area contributed by atoms with Gasteiger partial charge in [-0.15, -0.1) is 0 Å². The number of nitrogens with zero attached hydrogens (tertiary/aromatic N) is 1. The Morgan fingerprint density at radius 3 is 2.73 bits per heavy atom. The van der Waals surface area contributed by atoms with Crippen LogP contribution in [0.5, 0.6) is 0 Å². The number of likely N-dealkylation sites (tertiary alicyclic amines) is 1. The van der Waals surface area contributed by atoms with Gasteiger partial charge in [-0.2, -0.15) is 0 Å². The van der Waals surface area contributed by atoms with E-state index in [9.17, 15) is 4.79 Å². The summed E-state index contributed by atoms with van der Waals surface area (Å²) in [6.07, 6.45) is 2.48. The first-order chi connectivity index (χ1) is 7.06. The minimum Gasteiger partial charge on any atom is -0.368 e. The van der Waals surface area contributed by atoms with Crippen LogP contribution >= 0.6 is 0 Å². The Morgan fingerprint density at radius 2 is 2.27 bits per heavy atom. The monoisotopic (exact) mass is 213 g/mol. The molecule has 4 heteroatoms. The lowest BCUT2D eigenvalue weighted by molar-refractivity contribution is -0.120. The molecule has 1 amide bonds. The number of hydrogen-bond donors (Lipinski definition) is 2. The zero-order chi connectivity index (χ0) is 11.4. The molecule has 1 aliphatic rings. The number of nitrogens with one attached hydrogen (secondary N) is 1. The number of carbonyl (C=O) groups excluding carboxylic acids is 1. The summed E-state index contributed by atoms with van der Waals surface area (Å²) in [4.78, 5) is 13.5. The van der Waals surface area contributed by atoms with E-state index >= 15 is 0 Å². The van der Waals surface area contributed by atoms with Gasteiger partial charge in [0.05, 0.1) is 6.04 Å². The molecule has 3 N–H and O–H groups in total. The van der Waals surface area contributed by atoms with Gasteiger partial charge in [0.15, 0.2) is 0 Å². The van der Waals surface area contributed by atoms with E-state index in [2.05, 4.69) is 24.1 Å². The lowest BCUT2D eigenvalue weighted by atomic mass is 10.0. The molecule has 0 aromatic carbocycles. The van der Waals surface area contributed by atoms with Gasteiger partial charge in [-0.1, -0.05) is 13.8 Å². The fraction of sp³-hybridized carbons (Fsp3) is 0.909. The molecular formula is C11H23N3O. The molecule has 1 heterocycles. The molecule has 2 unspecified atom stereocenters. The van der Waals surface area contributed by atoms with E-state index in [1.807, 2.05) is 0 Å². The second kappa shape index (κ2) is 5.47. The van der Waals surface area contributed by atoms with Gasteiger partial charge in [0.25, 0.3) is 0 Å². The van der Waals surface area contributed by atoms with Crippen LogP contribution in [-0.2, 0) is 4.79 Å². The SMILES string of the molecule is CNC(CN1CCCC1C(C)C)C(N)=O. The highest BCUT2D eigenvalue weighted by molar-refractivity contribution is 5.80.